The lowest BCUT2D eigenvalue weighted by Crippen LogP contribution is -2.60. The summed E-state index contributed by atoms with van der Waals surface area (Å²) in [5, 5.41) is 0. The van der Waals surface area contributed by atoms with Crippen molar-refractivity contribution in [3.63, 3.8) is 0 Å². The second kappa shape index (κ2) is 11.7. The molecule has 2 aliphatic heterocycles. The van der Waals surface area contributed by atoms with Gasteiger partial charge in [-0.05, 0) is 81.3 Å². The molecule has 2 aromatic rings. The van der Waals surface area contributed by atoms with E-state index in [1.165, 1.54) is 12.1 Å². The fraction of sp³-hybridized carbons (Fsp3) is 0.533. The summed E-state index contributed by atoms with van der Waals surface area (Å²) in [6, 6.07) is 8.65. The van der Waals surface area contributed by atoms with E-state index in [1.54, 1.807) is 37.8 Å². The fourth-order valence-corrected chi connectivity index (χ4v) is 6.61. The molecule has 0 aromatic heterocycles. The molecule has 0 aliphatic carbocycles. The summed E-state index contributed by atoms with van der Waals surface area (Å²) < 4.78 is 82.4. The number of rotatable bonds is 4. The molecule has 12 heteroatoms. The van der Waals surface area contributed by atoms with E-state index in [0.29, 0.717) is 31.9 Å². The van der Waals surface area contributed by atoms with Crippen molar-refractivity contribution in [2.75, 3.05) is 33.3 Å². The first-order valence-corrected chi connectivity index (χ1v) is 14.4. The Balaban J connectivity index is 1.63. The Morgan fingerprint density at radius 3 is 1.98 bits per heavy atom. The summed E-state index contributed by atoms with van der Waals surface area (Å²) in [5.41, 5.74) is -4.45. The van der Waals surface area contributed by atoms with E-state index in [2.05, 4.69) is 15.9 Å². The number of ether oxygens (including phenoxy) is 2. The first-order valence-electron chi connectivity index (χ1n) is 13.6. The van der Waals surface area contributed by atoms with E-state index in [9.17, 15) is 31.5 Å². The lowest BCUT2D eigenvalue weighted by atomic mass is 9.62. The maximum atomic E-state index is 14.6. The molecule has 0 saturated carbocycles. The predicted octanol–water partition coefficient (Wildman–Crippen LogP) is 7.16. The largest absolute Gasteiger partial charge is 0.444 e. The van der Waals surface area contributed by atoms with Crippen LogP contribution in [0.3, 0.4) is 0 Å². The predicted molar refractivity (Wildman–Crippen MR) is 149 cm³/mol. The molecule has 230 valence electrons. The highest BCUT2D eigenvalue weighted by Crippen LogP contribution is 2.52. The first kappa shape index (κ1) is 32.2. The summed E-state index contributed by atoms with van der Waals surface area (Å²) in [4.78, 5) is 29.3. The Morgan fingerprint density at radius 1 is 0.905 bits per heavy atom. The van der Waals surface area contributed by atoms with E-state index >= 15 is 0 Å². The Hall–Kier alpha value is -2.73. The van der Waals surface area contributed by atoms with Crippen molar-refractivity contribution < 1.29 is 41.0 Å². The van der Waals surface area contributed by atoms with Crippen LogP contribution in [0.4, 0.5) is 26.7 Å². The molecule has 0 bridgehead atoms. The molecule has 6 nitrogen and oxygen atoms in total. The maximum absolute atomic E-state index is 14.6. The topological polar surface area (TPSA) is 59.1 Å². The van der Waals surface area contributed by atoms with Crippen LogP contribution in [0.1, 0.15) is 57.1 Å². The minimum Gasteiger partial charge on any atom is -0.444 e. The van der Waals surface area contributed by atoms with Gasteiger partial charge >= 0.3 is 12.3 Å². The standard InChI is InChI=1S/C30H34BrF5N2O4/c1-27(2,3)42-26(40)38-14-11-28(24(18-38)19-5-7-22(32)8-6-19)9-12-37(13-10-28)25(39)29(41-4,30(34,35)36)20-15-21(31)17-23(33)16-20/h5-8,15-17,24H,9-14,18H2,1-4H3/t24-,29?/m0/s1. The Bertz CT molecular complexity index is 1290. The van der Waals surface area contributed by atoms with E-state index < -0.39 is 52.0 Å². The molecule has 2 fully saturated rings. The SMILES string of the molecule is COC(C(=O)N1CCC2(CCN(C(=O)OC(C)(C)C)C[C@H]2c2ccc(F)cc2)CC1)(c1cc(F)cc(Br)c1)C(F)(F)F. The number of carbonyl (C=O) groups excluding carboxylic acids is 2. The first-order chi connectivity index (χ1) is 19.5. The number of carbonyl (C=O) groups is 2. The fourth-order valence-electron chi connectivity index (χ4n) is 6.15. The third-order valence-electron chi connectivity index (χ3n) is 8.27. The zero-order valence-electron chi connectivity index (χ0n) is 23.9. The van der Waals surface area contributed by atoms with Crippen LogP contribution in [0.5, 0.6) is 0 Å². The van der Waals surface area contributed by atoms with Crippen molar-refractivity contribution in [1.29, 1.82) is 0 Å². The zero-order valence-corrected chi connectivity index (χ0v) is 25.4. The monoisotopic (exact) mass is 660 g/mol. The van der Waals surface area contributed by atoms with Gasteiger partial charge < -0.3 is 19.3 Å². The lowest BCUT2D eigenvalue weighted by Gasteiger charge is -2.52. The number of halogens is 6. The van der Waals surface area contributed by atoms with Gasteiger partial charge in [0.2, 0.25) is 0 Å². The zero-order chi connectivity index (χ0) is 31.1. The smallest absolute Gasteiger partial charge is 0.430 e. The number of nitrogens with zero attached hydrogens (tertiary/aromatic N) is 2. The number of hydrogen-bond acceptors (Lipinski definition) is 4. The van der Waals surface area contributed by atoms with Crippen molar-refractivity contribution in [2.45, 2.75) is 63.3 Å². The number of amides is 2. The highest BCUT2D eigenvalue weighted by molar-refractivity contribution is 9.10. The molecule has 2 heterocycles. The van der Waals surface area contributed by atoms with Crippen LogP contribution >= 0.6 is 15.9 Å². The second-order valence-corrected chi connectivity index (χ2v) is 12.9. The second-order valence-electron chi connectivity index (χ2n) is 12.0. The van der Waals surface area contributed by atoms with Gasteiger partial charge in [0.25, 0.3) is 11.5 Å². The van der Waals surface area contributed by atoms with Gasteiger partial charge in [-0.2, -0.15) is 13.2 Å². The number of alkyl halides is 3. The van der Waals surface area contributed by atoms with Gasteiger partial charge in [-0.15, -0.1) is 0 Å². The summed E-state index contributed by atoms with van der Waals surface area (Å²) in [6.45, 7) is 5.91. The molecule has 1 unspecified atom stereocenters. The van der Waals surface area contributed by atoms with Gasteiger partial charge in [-0.1, -0.05) is 28.1 Å². The highest BCUT2D eigenvalue weighted by atomic mass is 79.9. The Kier molecular flexibility index (Phi) is 9.00. The van der Waals surface area contributed by atoms with Crippen LogP contribution in [-0.4, -0.2) is 66.9 Å². The summed E-state index contributed by atoms with van der Waals surface area (Å²) >= 11 is 3.01. The van der Waals surface area contributed by atoms with E-state index in [4.69, 9.17) is 9.47 Å². The number of likely N-dealkylation sites (tertiary alicyclic amines) is 2. The van der Waals surface area contributed by atoms with Crippen molar-refractivity contribution >= 4 is 27.9 Å². The minimum atomic E-state index is -5.18. The molecule has 2 amide bonds. The van der Waals surface area contributed by atoms with Gasteiger partial charge in [0.1, 0.15) is 17.2 Å². The molecule has 2 aromatic carbocycles. The van der Waals surface area contributed by atoms with Crippen molar-refractivity contribution in [1.82, 2.24) is 9.80 Å². The van der Waals surface area contributed by atoms with Crippen LogP contribution < -0.4 is 0 Å². The van der Waals surface area contributed by atoms with Gasteiger partial charge in [0.05, 0.1) is 0 Å². The maximum Gasteiger partial charge on any atom is 0.430 e. The van der Waals surface area contributed by atoms with Crippen LogP contribution in [0, 0.1) is 17.0 Å². The molecule has 2 atom stereocenters. The van der Waals surface area contributed by atoms with Crippen molar-refractivity contribution in [2.24, 2.45) is 5.41 Å². The summed E-state index contributed by atoms with van der Waals surface area (Å²) in [6.07, 6.45) is -4.47. The van der Waals surface area contributed by atoms with Gasteiger partial charge in [-0.3, -0.25) is 4.79 Å². The molecule has 2 aliphatic rings. The van der Waals surface area contributed by atoms with Gasteiger partial charge in [0.15, 0.2) is 0 Å². The van der Waals surface area contributed by atoms with Gasteiger partial charge in [-0.25, -0.2) is 13.6 Å². The average Bonchev–Trinajstić information content (AvgIpc) is 2.88. The van der Waals surface area contributed by atoms with Crippen LogP contribution in [0.2, 0.25) is 0 Å². The number of piperidine rings is 2. The third kappa shape index (κ3) is 6.29. The number of methoxy groups -OCH3 is 1. The number of benzene rings is 2. The Labute approximate surface area is 250 Å². The average molecular weight is 662 g/mol. The molecule has 4 rings (SSSR count). The molecule has 42 heavy (non-hydrogen) atoms. The summed E-state index contributed by atoms with van der Waals surface area (Å²) in [7, 11) is 0.784. The third-order valence-corrected chi connectivity index (χ3v) is 8.73. The molecule has 0 N–H and O–H groups in total. The number of hydrogen-bond donors (Lipinski definition) is 0. The van der Waals surface area contributed by atoms with E-state index in [1.807, 2.05) is 0 Å². The van der Waals surface area contributed by atoms with E-state index in [0.717, 1.165) is 29.7 Å². The van der Waals surface area contributed by atoms with Crippen LogP contribution in [-0.2, 0) is 19.9 Å². The molecule has 0 radical (unpaired) electrons. The molecule has 1 spiro atoms. The van der Waals surface area contributed by atoms with Gasteiger partial charge in [0, 0.05) is 49.2 Å². The summed E-state index contributed by atoms with van der Waals surface area (Å²) in [5.74, 6) is -2.96. The highest BCUT2D eigenvalue weighted by Gasteiger charge is 2.64. The minimum absolute atomic E-state index is 0.0133. The van der Waals surface area contributed by atoms with Crippen LogP contribution in [0.25, 0.3) is 0 Å². The van der Waals surface area contributed by atoms with E-state index in [-0.39, 0.29) is 30.0 Å². The quantitative estimate of drug-likeness (QED) is 0.327. The lowest BCUT2D eigenvalue weighted by molar-refractivity contribution is -0.271. The van der Waals surface area contributed by atoms with Crippen molar-refractivity contribution in [3.05, 3.63) is 69.7 Å². The van der Waals surface area contributed by atoms with Crippen molar-refractivity contribution in [3.8, 4) is 0 Å². The normalized spacial score (nSPS) is 20.8. The molecular formula is C30H34BrF5N2O4. The molecule has 2 saturated heterocycles. The Morgan fingerprint density at radius 2 is 1.48 bits per heavy atom. The molecular weight excluding hydrogens is 627 g/mol. The van der Waals surface area contributed by atoms with Crippen LogP contribution in [0.15, 0.2) is 46.9 Å².